The number of carbonyl (C=O) groups is 1. The number of halogens is 1. The van der Waals surface area contributed by atoms with Gasteiger partial charge in [-0.05, 0) is 38.5 Å². The molecule has 0 aliphatic heterocycles. The first-order chi connectivity index (χ1) is 10.8. The van der Waals surface area contributed by atoms with Crippen LogP contribution in [0.4, 0.5) is 9.18 Å². The second kappa shape index (κ2) is 7.04. The molecule has 1 amide bonds. The van der Waals surface area contributed by atoms with Crippen LogP contribution in [0.5, 0.6) is 11.8 Å². The molecule has 0 aliphatic rings. The Hall–Kier alpha value is -2.70. The van der Waals surface area contributed by atoms with Crippen LogP contribution in [0, 0.1) is 5.82 Å². The highest BCUT2D eigenvalue weighted by Gasteiger charge is 2.15. The molecule has 0 bridgehead atoms. The lowest BCUT2D eigenvalue weighted by atomic mass is 10.2. The number of carbonyl (C=O) groups excluding carboxylic acids is 1. The Labute approximate surface area is 133 Å². The zero-order chi connectivity index (χ0) is 16.9. The highest BCUT2D eigenvalue weighted by molar-refractivity contribution is 5.67. The minimum Gasteiger partial charge on any atom is -0.444 e. The van der Waals surface area contributed by atoms with E-state index in [1.54, 1.807) is 45.0 Å². The Morgan fingerprint density at radius 3 is 2.35 bits per heavy atom. The van der Waals surface area contributed by atoms with E-state index in [1.807, 2.05) is 0 Å². The van der Waals surface area contributed by atoms with E-state index in [0.717, 1.165) is 18.0 Å². The molecule has 0 atom stereocenters. The number of benzene rings is 1. The summed E-state index contributed by atoms with van der Waals surface area (Å²) in [4.78, 5) is 19.0. The second-order valence-electron chi connectivity index (χ2n) is 5.79. The summed E-state index contributed by atoms with van der Waals surface area (Å²) in [6.45, 7) is 5.74. The van der Waals surface area contributed by atoms with E-state index in [4.69, 9.17) is 9.47 Å². The average Bonchev–Trinajstić information content (AvgIpc) is 2.47. The van der Waals surface area contributed by atoms with Gasteiger partial charge >= 0.3 is 12.1 Å². The zero-order valence-electron chi connectivity index (χ0n) is 13.2. The van der Waals surface area contributed by atoms with Crippen molar-refractivity contribution in [1.29, 1.82) is 0 Å². The molecule has 0 saturated carbocycles. The maximum absolute atomic E-state index is 12.7. The number of hydrogen-bond acceptors (Lipinski definition) is 5. The summed E-state index contributed by atoms with van der Waals surface area (Å²) in [7, 11) is 0. The fourth-order valence-electron chi connectivity index (χ4n) is 1.62. The summed E-state index contributed by atoms with van der Waals surface area (Å²) in [6, 6.07) is 7.05. The molecule has 0 saturated heterocycles. The van der Waals surface area contributed by atoms with Crippen LogP contribution in [0.3, 0.4) is 0 Å². The van der Waals surface area contributed by atoms with Gasteiger partial charge in [-0.25, -0.2) is 19.2 Å². The maximum atomic E-state index is 12.7. The van der Waals surface area contributed by atoms with Crippen molar-refractivity contribution in [2.45, 2.75) is 32.9 Å². The van der Waals surface area contributed by atoms with Crippen molar-refractivity contribution >= 4 is 6.09 Å². The standard InChI is InChI=1S/C16H18FN3O3/c1-16(2,3)23-15(21)20-8-11-4-6-13(7-5-11)22-14-18-9-12(17)10-19-14/h4-7,9-10H,8H2,1-3H3,(H,20,21). The molecule has 0 radical (unpaired) electrons. The lowest BCUT2D eigenvalue weighted by molar-refractivity contribution is 0.0523. The van der Waals surface area contributed by atoms with E-state index in [2.05, 4.69) is 15.3 Å². The Kier molecular flexibility index (Phi) is 5.10. The fourth-order valence-corrected chi connectivity index (χ4v) is 1.62. The lowest BCUT2D eigenvalue weighted by Gasteiger charge is -2.19. The van der Waals surface area contributed by atoms with Gasteiger partial charge in [0.15, 0.2) is 5.82 Å². The lowest BCUT2D eigenvalue weighted by Crippen LogP contribution is -2.32. The van der Waals surface area contributed by atoms with Gasteiger partial charge in [-0.2, -0.15) is 0 Å². The molecule has 1 heterocycles. The van der Waals surface area contributed by atoms with Gasteiger partial charge in [0.05, 0.1) is 12.4 Å². The first-order valence-electron chi connectivity index (χ1n) is 7.03. The van der Waals surface area contributed by atoms with Gasteiger partial charge in [-0.3, -0.25) is 0 Å². The van der Waals surface area contributed by atoms with Crippen LogP contribution in [0.1, 0.15) is 26.3 Å². The van der Waals surface area contributed by atoms with Gasteiger partial charge in [0.2, 0.25) is 0 Å². The molecule has 6 nitrogen and oxygen atoms in total. The molecule has 7 heteroatoms. The third-order valence-electron chi connectivity index (χ3n) is 2.56. The highest BCUT2D eigenvalue weighted by atomic mass is 19.1. The van der Waals surface area contributed by atoms with Crippen molar-refractivity contribution in [2.75, 3.05) is 0 Å². The molecule has 23 heavy (non-hydrogen) atoms. The number of alkyl carbamates (subject to hydrolysis) is 1. The minimum absolute atomic E-state index is 0.0611. The summed E-state index contributed by atoms with van der Waals surface area (Å²) in [5, 5.41) is 2.66. The molecule has 0 spiro atoms. The van der Waals surface area contributed by atoms with Crippen molar-refractivity contribution in [3.63, 3.8) is 0 Å². The summed E-state index contributed by atoms with van der Waals surface area (Å²) in [5.41, 5.74) is 0.347. The van der Waals surface area contributed by atoms with Gasteiger partial charge < -0.3 is 14.8 Å². The van der Waals surface area contributed by atoms with Crippen molar-refractivity contribution < 1.29 is 18.7 Å². The van der Waals surface area contributed by atoms with Gasteiger partial charge in [0.25, 0.3) is 0 Å². The topological polar surface area (TPSA) is 73.3 Å². The highest BCUT2D eigenvalue weighted by Crippen LogP contribution is 2.18. The number of ether oxygens (including phenoxy) is 2. The fraction of sp³-hybridized carbons (Fsp3) is 0.312. The maximum Gasteiger partial charge on any atom is 0.407 e. The third-order valence-corrected chi connectivity index (χ3v) is 2.56. The summed E-state index contributed by atoms with van der Waals surface area (Å²) < 4.78 is 23.2. The van der Waals surface area contributed by atoms with Crippen molar-refractivity contribution in [2.24, 2.45) is 0 Å². The second-order valence-corrected chi connectivity index (χ2v) is 5.79. The quantitative estimate of drug-likeness (QED) is 0.934. The van der Waals surface area contributed by atoms with E-state index in [0.29, 0.717) is 12.3 Å². The summed E-state index contributed by atoms with van der Waals surface area (Å²) in [5.74, 6) is -0.0152. The third kappa shape index (κ3) is 5.90. The Balaban J connectivity index is 1.87. The molecular formula is C16H18FN3O3. The van der Waals surface area contributed by atoms with E-state index >= 15 is 0 Å². The molecule has 1 aromatic carbocycles. The molecule has 0 unspecified atom stereocenters. The molecular weight excluding hydrogens is 301 g/mol. The number of nitrogens with zero attached hydrogens (tertiary/aromatic N) is 2. The number of nitrogens with one attached hydrogen (secondary N) is 1. The molecule has 122 valence electrons. The van der Waals surface area contributed by atoms with E-state index < -0.39 is 17.5 Å². The van der Waals surface area contributed by atoms with E-state index in [-0.39, 0.29) is 6.01 Å². The summed E-state index contributed by atoms with van der Waals surface area (Å²) >= 11 is 0. The van der Waals surface area contributed by atoms with Crippen LogP contribution in [0.25, 0.3) is 0 Å². The average molecular weight is 319 g/mol. The molecule has 0 fully saturated rings. The predicted molar refractivity (Wildman–Crippen MR) is 81.6 cm³/mol. The molecule has 1 aromatic heterocycles. The normalized spacial score (nSPS) is 11.0. The molecule has 0 aliphatic carbocycles. The SMILES string of the molecule is CC(C)(C)OC(=O)NCc1ccc(Oc2ncc(F)cn2)cc1. The zero-order valence-corrected chi connectivity index (χ0v) is 13.2. The Morgan fingerprint density at radius 1 is 1.17 bits per heavy atom. The first-order valence-corrected chi connectivity index (χ1v) is 7.03. The van der Waals surface area contributed by atoms with Crippen LogP contribution >= 0.6 is 0 Å². The van der Waals surface area contributed by atoms with Gasteiger partial charge in [-0.1, -0.05) is 12.1 Å². The van der Waals surface area contributed by atoms with Crippen LogP contribution in [-0.4, -0.2) is 21.7 Å². The van der Waals surface area contributed by atoms with Crippen molar-refractivity contribution in [3.8, 4) is 11.8 Å². The molecule has 1 N–H and O–H groups in total. The Morgan fingerprint density at radius 2 is 1.78 bits per heavy atom. The first kappa shape index (κ1) is 16.7. The van der Waals surface area contributed by atoms with E-state index in [9.17, 15) is 9.18 Å². The largest absolute Gasteiger partial charge is 0.444 e. The van der Waals surface area contributed by atoms with Crippen LogP contribution in [0.2, 0.25) is 0 Å². The predicted octanol–water partition coefficient (Wildman–Crippen LogP) is 3.43. The number of aromatic nitrogens is 2. The van der Waals surface area contributed by atoms with Gasteiger partial charge in [-0.15, -0.1) is 0 Å². The van der Waals surface area contributed by atoms with Gasteiger partial charge in [0, 0.05) is 6.54 Å². The number of hydrogen-bond donors (Lipinski definition) is 1. The number of amides is 1. The number of rotatable bonds is 4. The van der Waals surface area contributed by atoms with Gasteiger partial charge in [0.1, 0.15) is 11.4 Å². The summed E-state index contributed by atoms with van der Waals surface area (Å²) in [6.07, 6.45) is 1.58. The smallest absolute Gasteiger partial charge is 0.407 e. The Bertz CT molecular complexity index is 652. The molecule has 2 aromatic rings. The van der Waals surface area contributed by atoms with Crippen molar-refractivity contribution in [3.05, 3.63) is 48.0 Å². The van der Waals surface area contributed by atoms with E-state index in [1.165, 1.54) is 0 Å². The van der Waals surface area contributed by atoms with Crippen LogP contribution in [0.15, 0.2) is 36.7 Å². The molecule has 2 rings (SSSR count). The van der Waals surface area contributed by atoms with Crippen LogP contribution < -0.4 is 10.1 Å². The van der Waals surface area contributed by atoms with Crippen molar-refractivity contribution in [1.82, 2.24) is 15.3 Å². The minimum atomic E-state index is -0.531. The monoisotopic (exact) mass is 319 g/mol. The van der Waals surface area contributed by atoms with Crippen LogP contribution in [-0.2, 0) is 11.3 Å².